The van der Waals surface area contributed by atoms with Gasteiger partial charge in [-0.25, -0.2) is 0 Å². The van der Waals surface area contributed by atoms with Crippen LogP contribution in [0.15, 0.2) is 36.5 Å². The van der Waals surface area contributed by atoms with E-state index in [1.165, 1.54) is 366 Å². The van der Waals surface area contributed by atoms with Crippen molar-refractivity contribution in [3.8, 4) is 0 Å². The van der Waals surface area contributed by atoms with Crippen molar-refractivity contribution in [3.05, 3.63) is 36.5 Å². The van der Waals surface area contributed by atoms with E-state index in [2.05, 4.69) is 43.5 Å². The lowest BCUT2D eigenvalue weighted by Crippen LogP contribution is -2.45. The van der Waals surface area contributed by atoms with Crippen LogP contribution in [0, 0.1) is 0 Å². The van der Waals surface area contributed by atoms with Crippen LogP contribution in [0.3, 0.4) is 0 Å². The molecule has 2 atom stereocenters. The number of nitrogens with one attached hydrogen (secondary N) is 1. The molecule has 0 saturated carbocycles. The molecule has 508 valence electrons. The first-order valence-electron chi connectivity index (χ1n) is 39.3. The first-order valence-corrected chi connectivity index (χ1v) is 39.3. The van der Waals surface area contributed by atoms with Gasteiger partial charge in [-0.3, -0.25) is 9.59 Å². The second-order valence-electron chi connectivity index (χ2n) is 27.0. The van der Waals surface area contributed by atoms with Gasteiger partial charge >= 0.3 is 5.97 Å². The summed E-state index contributed by atoms with van der Waals surface area (Å²) in [5, 5.41) is 23.3. The third-order valence-electron chi connectivity index (χ3n) is 18.4. The SMILES string of the molecule is CCCCCCCCCCCCCCCCCCCCCC/C=C/C(O)C(CO)NC(=O)CCCCCCCCCCCCCCCCC/C=C\C/C=C\CCCCCCCCCCCOC(=O)CCCCCCCCCCCCCCCCCC. The van der Waals surface area contributed by atoms with Crippen molar-refractivity contribution in [2.45, 2.75) is 450 Å². The number of unbranched alkanes of at least 4 members (excludes halogenated alkanes) is 59. The van der Waals surface area contributed by atoms with E-state index in [1.54, 1.807) is 6.08 Å². The maximum Gasteiger partial charge on any atom is 0.305 e. The minimum Gasteiger partial charge on any atom is -0.466 e. The zero-order chi connectivity index (χ0) is 62.0. The Bertz CT molecular complexity index is 1390. The van der Waals surface area contributed by atoms with Gasteiger partial charge in [-0.1, -0.05) is 397 Å². The molecule has 6 nitrogen and oxygen atoms in total. The van der Waals surface area contributed by atoms with E-state index < -0.39 is 12.1 Å². The van der Waals surface area contributed by atoms with E-state index in [9.17, 15) is 19.8 Å². The van der Waals surface area contributed by atoms with Crippen LogP contribution >= 0.6 is 0 Å². The van der Waals surface area contributed by atoms with E-state index in [-0.39, 0.29) is 18.5 Å². The molecule has 0 aliphatic heterocycles. The molecule has 6 heteroatoms. The van der Waals surface area contributed by atoms with Crippen LogP contribution in [0.2, 0.25) is 0 Å². The summed E-state index contributed by atoms with van der Waals surface area (Å²) in [6, 6.07) is -0.629. The number of carbonyl (C=O) groups is 2. The first-order chi connectivity index (χ1) is 42.5. The number of aliphatic hydroxyl groups excluding tert-OH is 2. The molecule has 0 bridgehead atoms. The standard InChI is InChI=1S/C80H153NO5/c1-3-5-7-9-11-13-15-17-19-21-22-23-35-38-41-44-48-52-56-60-64-68-72-78(83)77(76-82)81-79(84)73-69-65-61-57-53-49-45-42-39-36-33-31-29-27-25-24-26-28-30-32-34-37-40-43-47-51-55-59-63-67-71-75-86-80(85)74-70-66-62-58-54-50-46-20-18-16-14-12-10-8-6-4-2/h26,28,32,34,68,72,77-78,82-83H,3-25,27,29-31,33,35-67,69-71,73-76H2,1-2H3,(H,81,84)/b28-26-,34-32-,72-68+. The second-order valence-corrected chi connectivity index (χ2v) is 27.0. The van der Waals surface area contributed by atoms with Gasteiger partial charge < -0.3 is 20.3 Å². The molecule has 2 unspecified atom stereocenters. The summed E-state index contributed by atoms with van der Waals surface area (Å²) in [4.78, 5) is 24.6. The number of aliphatic hydroxyl groups is 2. The largest absolute Gasteiger partial charge is 0.466 e. The first kappa shape index (κ1) is 84.1. The van der Waals surface area contributed by atoms with Crippen molar-refractivity contribution < 1.29 is 24.5 Å². The number of hydrogen-bond donors (Lipinski definition) is 3. The predicted molar refractivity (Wildman–Crippen MR) is 379 cm³/mol. The maximum absolute atomic E-state index is 12.5. The summed E-state index contributed by atoms with van der Waals surface area (Å²) >= 11 is 0. The topological polar surface area (TPSA) is 95.9 Å². The summed E-state index contributed by atoms with van der Waals surface area (Å²) in [6.07, 6.45) is 98.3. The quantitative estimate of drug-likeness (QED) is 0.0320. The van der Waals surface area contributed by atoms with Crippen LogP contribution in [0.5, 0.6) is 0 Å². The molecule has 1 amide bonds. The Labute approximate surface area is 538 Å². The van der Waals surface area contributed by atoms with Crippen LogP contribution in [0.25, 0.3) is 0 Å². The van der Waals surface area contributed by atoms with E-state index in [4.69, 9.17) is 4.74 Å². The van der Waals surface area contributed by atoms with Crippen LogP contribution in [0.4, 0.5) is 0 Å². The van der Waals surface area contributed by atoms with E-state index in [0.29, 0.717) is 19.4 Å². The van der Waals surface area contributed by atoms with Crippen molar-refractivity contribution in [1.82, 2.24) is 5.32 Å². The fourth-order valence-electron chi connectivity index (χ4n) is 12.4. The number of amides is 1. The summed E-state index contributed by atoms with van der Waals surface area (Å²) in [7, 11) is 0. The van der Waals surface area contributed by atoms with Crippen molar-refractivity contribution >= 4 is 11.9 Å². The average Bonchev–Trinajstić information content (AvgIpc) is 3.59. The van der Waals surface area contributed by atoms with Gasteiger partial charge in [0.15, 0.2) is 0 Å². The lowest BCUT2D eigenvalue weighted by atomic mass is 10.0. The number of carbonyl (C=O) groups excluding carboxylic acids is 2. The van der Waals surface area contributed by atoms with Crippen molar-refractivity contribution in [2.24, 2.45) is 0 Å². The van der Waals surface area contributed by atoms with Gasteiger partial charge in [0.2, 0.25) is 5.91 Å². The molecule has 0 heterocycles. The molecule has 0 saturated heterocycles. The Morgan fingerprint density at radius 2 is 0.581 bits per heavy atom. The van der Waals surface area contributed by atoms with Crippen LogP contribution in [0.1, 0.15) is 438 Å². The fourth-order valence-corrected chi connectivity index (χ4v) is 12.4. The molecule has 3 N–H and O–H groups in total. The summed E-state index contributed by atoms with van der Waals surface area (Å²) in [5.41, 5.74) is 0. The highest BCUT2D eigenvalue weighted by molar-refractivity contribution is 5.76. The van der Waals surface area contributed by atoms with Crippen molar-refractivity contribution in [2.75, 3.05) is 13.2 Å². The Morgan fingerprint density at radius 1 is 0.326 bits per heavy atom. The Kier molecular flexibility index (Phi) is 73.9. The number of hydrogen-bond acceptors (Lipinski definition) is 5. The molecule has 0 radical (unpaired) electrons. The number of allylic oxidation sites excluding steroid dienone is 5. The summed E-state index contributed by atoms with van der Waals surface area (Å²) < 4.78 is 5.50. The monoisotopic (exact) mass is 1210 g/mol. The van der Waals surface area contributed by atoms with Crippen LogP contribution in [-0.2, 0) is 14.3 Å². The molecule has 0 fully saturated rings. The smallest absolute Gasteiger partial charge is 0.305 e. The molecule has 86 heavy (non-hydrogen) atoms. The fraction of sp³-hybridized carbons (Fsp3) is 0.900. The van der Waals surface area contributed by atoms with Gasteiger partial charge in [-0.15, -0.1) is 0 Å². The highest BCUT2D eigenvalue weighted by Crippen LogP contribution is 2.19. The van der Waals surface area contributed by atoms with E-state index in [0.717, 1.165) is 44.9 Å². The molecular formula is C80H153NO5. The van der Waals surface area contributed by atoms with Gasteiger partial charge in [0, 0.05) is 12.8 Å². The molecule has 0 spiro atoms. The van der Waals surface area contributed by atoms with Crippen LogP contribution in [-0.4, -0.2) is 47.4 Å². The van der Waals surface area contributed by atoms with E-state index in [1.807, 2.05) is 6.08 Å². The Balaban J connectivity index is 3.40. The predicted octanol–water partition coefficient (Wildman–Crippen LogP) is 25.8. The minimum atomic E-state index is -0.846. The molecule has 0 rings (SSSR count). The zero-order valence-corrected chi connectivity index (χ0v) is 58.3. The van der Waals surface area contributed by atoms with Crippen molar-refractivity contribution in [3.63, 3.8) is 0 Å². The number of rotatable bonds is 74. The number of esters is 1. The molecular weight excluding hydrogens is 1050 g/mol. The minimum absolute atomic E-state index is 0.0171. The van der Waals surface area contributed by atoms with Gasteiger partial charge in [0.05, 0.1) is 25.4 Å². The molecule has 0 aliphatic carbocycles. The second kappa shape index (κ2) is 75.5. The van der Waals surface area contributed by atoms with Crippen LogP contribution < -0.4 is 5.32 Å². The van der Waals surface area contributed by atoms with Gasteiger partial charge in [-0.05, 0) is 64.2 Å². The highest BCUT2D eigenvalue weighted by Gasteiger charge is 2.18. The molecule has 0 aromatic heterocycles. The lowest BCUT2D eigenvalue weighted by molar-refractivity contribution is -0.143. The van der Waals surface area contributed by atoms with E-state index >= 15 is 0 Å². The van der Waals surface area contributed by atoms with Crippen molar-refractivity contribution in [1.29, 1.82) is 0 Å². The van der Waals surface area contributed by atoms with Gasteiger partial charge in [0.25, 0.3) is 0 Å². The molecule has 0 aromatic rings. The highest BCUT2D eigenvalue weighted by atomic mass is 16.5. The van der Waals surface area contributed by atoms with Gasteiger partial charge in [0.1, 0.15) is 0 Å². The molecule has 0 aromatic carbocycles. The third kappa shape index (κ3) is 71.2. The Morgan fingerprint density at radius 3 is 0.884 bits per heavy atom. The number of ether oxygens (including phenoxy) is 1. The Hall–Kier alpha value is -1.92. The average molecular weight is 1210 g/mol. The van der Waals surface area contributed by atoms with Gasteiger partial charge in [-0.2, -0.15) is 0 Å². The molecule has 0 aliphatic rings. The third-order valence-corrected chi connectivity index (χ3v) is 18.4. The summed E-state index contributed by atoms with van der Waals surface area (Å²) in [6.45, 7) is 4.95. The normalized spacial score (nSPS) is 12.7. The zero-order valence-electron chi connectivity index (χ0n) is 58.3. The summed E-state index contributed by atoms with van der Waals surface area (Å²) in [5.74, 6) is -0.0457. The maximum atomic E-state index is 12.5. The lowest BCUT2D eigenvalue weighted by Gasteiger charge is -2.20.